The fourth-order valence-electron chi connectivity index (χ4n) is 5.47. The molecule has 1 aliphatic rings. The van der Waals surface area contributed by atoms with E-state index >= 15 is 0 Å². The van der Waals surface area contributed by atoms with Crippen LogP contribution in [-0.4, -0.2) is 59.1 Å². The Bertz CT molecular complexity index is 1550. The number of nitrogens with zero attached hydrogens (tertiary/aromatic N) is 4. The first-order chi connectivity index (χ1) is 20.6. The van der Waals surface area contributed by atoms with E-state index in [0.29, 0.717) is 19.7 Å². The van der Waals surface area contributed by atoms with Gasteiger partial charge in [-0.05, 0) is 59.7 Å². The Labute approximate surface area is 256 Å². The molecule has 214 valence electrons. The molecule has 4 aromatic carbocycles. The SMILES string of the molecule is Clc1ccc(C(c2ccc(Cl)cc2)N2CCN(Cc3nc(NCCOc4ccccc4)c4ccccc4n3)CC2)cc1. The second-order valence-corrected chi connectivity index (χ2v) is 11.3. The van der Waals surface area contributed by atoms with Crippen molar-refractivity contribution in [1.82, 2.24) is 19.8 Å². The summed E-state index contributed by atoms with van der Waals surface area (Å²) in [7, 11) is 0. The first kappa shape index (κ1) is 28.4. The minimum Gasteiger partial charge on any atom is -0.492 e. The molecule has 2 heterocycles. The maximum atomic E-state index is 6.21. The number of aromatic nitrogens is 2. The lowest BCUT2D eigenvalue weighted by Gasteiger charge is -2.39. The van der Waals surface area contributed by atoms with Gasteiger partial charge in [0.25, 0.3) is 0 Å². The topological polar surface area (TPSA) is 53.5 Å². The second-order valence-electron chi connectivity index (χ2n) is 10.4. The first-order valence-electron chi connectivity index (χ1n) is 14.3. The molecule has 0 amide bonds. The van der Waals surface area contributed by atoms with E-state index in [1.54, 1.807) is 0 Å². The minimum absolute atomic E-state index is 0.132. The van der Waals surface area contributed by atoms with E-state index in [-0.39, 0.29) is 6.04 Å². The number of rotatable bonds is 10. The van der Waals surface area contributed by atoms with Gasteiger partial charge >= 0.3 is 0 Å². The summed E-state index contributed by atoms with van der Waals surface area (Å²) in [5.41, 5.74) is 3.39. The molecule has 1 saturated heterocycles. The van der Waals surface area contributed by atoms with Gasteiger partial charge in [-0.2, -0.15) is 0 Å². The Balaban J connectivity index is 1.13. The Kier molecular flexibility index (Phi) is 9.16. The third-order valence-corrected chi connectivity index (χ3v) is 8.07. The standard InChI is InChI=1S/C34H33Cl2N5O/c35-27-14-10-25(11-15-27)33(26-12-16-28(36)17-13-26)41-21-19-40(20-22-41)24-32-38-31-9-5-4-8-30(31)34(39-32)37-18-23-42-29-6-2-1-3-7-29/h1-17,33H,18-24H2,(H,37,38,39). The van der Waals surface area contributed by atoms with Gasteiger partial charge in [0.05, 0.1) is 24.6 Å². The summed E-state index contributed by atoms with van der Waals surface area (Å²) in [6.07, 6.45) is 0. The van der Waals surface area contributed by atoms with Crippen LogP contribution in [0.4, 0.5) is 5.82 Å². The quantitative estimate of drug-likeness (QED) is 0.170. The Morgan fingerprint density at radius 3 is 2.00 bits per heavy atom. The zero-order chi connectivity index (χ0) is 28.7. The highest BCUT2D eigenvalue weighted by Crippen LogP contribution is 2.31. The van der Waals surface area contributed by atoms with Gasteiger partial charge in [-0.15, -0.1) is 0 Å². The molecule has 0 atom stereocenters. The van der Waals surface area contributed by atoms with Crippen molar-refractivity contribution in [3.63, 3.8) is 0 Å². The number of hydrogen-bond acceptors (Lipinski definition) is 6. The van der Waals surface area contributed by atoms with E-state index in [1.165, 1.54) is 11.1 Å². The highest BCUT2D eigenvalue weighted by molar-refractivity contribution is 6.30. The molecule has 0 unspecified atom stereocenters. The zero-order valence-corrected chi connectivity index (χ0v) is 24.8. The third-order valence-electron chi connectivity index (χ3n) is 7.56. The van der Waals surface area contributed by atoms with Crippen LogP contribution in [0.3, 0.4) is 0 Å². The monoisotopic (exact) mass is 597 g/mol. The van der Waals surface area contributed by atoms with Crippen molar-refractivity contribution in [2.45, 2.75) is 12.6 Å². The summed E-state index contributed by atoms with van der Waals surface area (Å²) in [5, 5.41) is 5.98. The maximum absolute atomic E-state index is 6.21. The van der Waals surface area contributed by atoms with Crippen LogP contribution in [0.1, 0.15) is 23.0 Å². The van der Waals surface area contributed by atoms with Crippen LogP contribution in [0.15, 0.2) is 103 Å². The highest BCUT2D eigenvalue weighted by Gasteiger charge is 2.27. The Hall–Kier alpha value is -3.68. The number of halogens is 2. The Morgan fingerprint density at radius 2 is 1.33 bits per heavy atom. The summed E-state index contributed by atoms with van der Waals surface area (Å²) in [6, 6.07) is 34.5. The summed E-state index contributed by atoms with van der Waals surface area (Å²) in [5.74, 6) is 2.53. The molecule has 0 bridgehead atoms. The molecule has 8 heteroatoms. The fraction of sp³-hybridized carbons (Fsp3) is 0.235. The smallest absolute Gasteiger partial charge is 0.145 e. The van der Waals surface area contributed by atoms with E-state index in [1.807, 2.05) is 72.8 Å². The molecular formula is C34H33Cl2N5O. The van der Waals surface area contributed by atoms with Gasteiger partial charge in [0, 0.05) is 41.6 Å². The van der Waals surface area contributed by atoms with Crippen LogP contribution in [0.25, 0.3) is 10.9 Å². The van der Waals surface area contributed by atoms with E-state index in [9.17, 15) is 0 Å². The van der Waals surface area contributed by atoms with Crippen LogP contribution >= 0.6 is 23.2 Å². The average Bonchev–Trinajstić information content (AvgIpc) is 3.02. The third kappa shape index (κ3) is 7.02. The van der Waals surface area contributed by atoms with E-state index in [0.717, 1.165) is 64.5 Å². The summed E-state index contributed by atoms with van der Waals surface area (Å²) >= 11 is 12.4. The first-order valence-corrected chi connectivity index (χ1v) is 15.0. The van der Waals surface area contributed by atoms with Crippen molar-refractivity contribution in [2.75, 3.05) is 44.6 Å². The number of ether oxygens (including phenoxy) is 1. The van der Waals surface area contributed by atoms with Gasteiger partial charge in [0.2, 0.25) is 0 Å². The summed E-state index contributed by atoms with van der Waals surface area (Å²) in [6.45, 7) is 5.56. The molecular weight excluding hydrogens is 565 g/mol. The molecule has 1 N–H and O–H groups in total. The van der Waals surface area contributed by atoms with Crippen LogP contribution in [-0.2, 0) is 6.54 Å². The molecule has 1 fully saturated rings. The van der Waals surface area contributed by atoms with Crippen molar-refractivity contribution in [3.05, 3.63) is 130 Å². The minimum atomic E-state index is 0.132. The van der Waals surface area contributed by atoms with Gasteiger partial charge in [-0.1, -0.05) is 77.8 Å². The van der Waals surface area contributed by atoms with Crippen molar-refractivity contribution in [1.29, 1.82) is 0 Å². The zero-order valence-electron chi connectivity index (χ0n) is 23.3. The van der Waals surface area contributed by atoms with Gasteiger partial charge in [-0.25, -0.2) is 9.97 Å². The normalized spacial score (nSPS) is 14.4. The van der Waals surface area contributed by atoms with Crippen molar-refractivity contribution >= 4 is 39.9 Å². The average molecular weight is 599 g/mol. The maximum Gasteiger partial charge on any atom is 0.145 e. The molecule has 1 aliphatic heterocycles. The highest BCUT2D eigenvalue weighted by atomic mass is 35.5. The van der Waals surface area contributed by atoms with E-state index in [4.69, 9.17) is 37.9 Å². The Morgan fingerprint density at radius 1 is 0.714 bits per heavy atom. The molecule has 0 saturated carbocycles. The van der Waals surface area contributed by atoms with Crippen LogP contribution in [0, 0.1) is 0 Å². The molecule has 6 rings (SSSR count). The predicted molar refractivity (Wildman–Crippen MR) is 172 cm³/mol. The van der Waals surface area contributed by atoms with Crippen molar-refractivity contribution in [2.24, 2.45) is 0 Å². The van der Waals surface area contributed by atoms with Crippen molar-refractivity contribution < 1.29 is 4.74 Å². The summed E-state index contributed by atoms with van der Waals surface area (Å²) < 4.78 is 5.86. The fourth-order valence-corrected chi connectivity index (χ4v) is 5.72. The molecule has 5 aromatic rings. The molecule has 1 aromatic heterocycles. The lowest BCUT2D eigenvalue weighted by atomic mass is 9.96. The molecule has 0 aliphatic carbocycles. The number of anilines is 1. The van der Waals surface area contributed by atoms with E-state index < -0.39 is 0 Å². The number of hydrogen-bond donors (Lipinski definition) is 1. The molecule has 0 spiro atoms. The molecule has 0 radical (unpaired) electrons. The van der Waals surface area contributed by atoms with Crippen LogP contribution in [0.5, 0.6) is 5.75 Å². The van der Waals surface area contributed by atoms with Gasteiger partial charge in [0.1, 0.15) is 24.0 Å². The number of nitrogens with one attached hydrogen (secondary N) is 1. The lowest BCUT2D eigenvalue weighted by Crippen LogP contribution is -2.47. The summed E-state index contributed by atoms with van der Waals surface area (Å²) in [4.78, 5) is 14.8. The second kappa shape index (κ2) is 13.5. The van der Waals surface area contributed by atoms with Crippen LogP contribution < -0.4 is 10.1 Å². The van der Waals surface area contributed by atoms with Gasteiger partial charge in [-0.3, -0.25) is 9.80 Å². The predicted octanol–water partition coefficient (Wildman–Crippen LogP) is 7.33. The van der Waals surface area contributed by atoms with Crippen LogP contribution in [0.2, 0.25) is 10.0 Å². The van der Waals surface area contributed by atoms with Gasteiger partial charge in [0.15, 0.2) is 0 Å². The lowest BCUT2D eigenvalue weighted by molar-refractivity contribution is 0.103. The largest absolute Gasteiger partial charge is 0.492 e. The van der Waals surface area contributed by atoms with Crippen molar-refractivity contribution in [3.8, 4) is 5.75 Å². The number of piperazine rings is 1. The number of fused-ring (bicyclic) bond motifs is 1. The molecule has 6 nitrogen and oxygen atoms in total. The van der Waals surface area contributed by atoms with E-state index in [2.05, 4.69) is 45.4 Å². The number of benzene rings is 4. The number of para-hydroxylation sites is 2. The molecule has 42 heavy (non-hydrogen) atoms. The van der Waals surface area contributed by atoms with Gasteiger partial charge < -0.3 is 10.1 Å².